The highest BCUT2D eigenvalue weighted by atomic mass is 16.5. The monoisotopic (exact) mass is 324 g/mol. The number of carbonyl (C=O) groups excluding carboxylic acids is 1. The Bertz CT molecular complexity index is 778. The van der Waals surface area contributed by atoms with E-state index in [1.807, 2.05) is 30.3 Å². The molecule has 1 aliphatic carbocycles. The van der Waals surface area contributed by atoms with Gasteiger partial charge in [0.15, 0.2) is 5.78 Å². The van der Waals surface area contributed by atoms with Crippen LogP contribution in [0.3, 0.4) is 0 Å². The Balaban J connectivity index is 2.01. The van der Waals surface area contributed by atoms with Crippen molar-refractivity contribution >= 4 is 11.4 Å². The molecule has 1 atom stereocenters. The van der Waals surface area contributed by atoms with Crippen molar-refractivity contribution in [3.63, 3.8) is 0 Å². The molecule has 0 heterocycles. The number of phenolic OH excluding ortho intramolecular Hbond substituents is 1. The lowest BCUT2D eigenvalue weighted by molar-refractivity contribution is -0.115. The van der Waals surface area contributed by atoms with Crippen LogP contribution in [0.25, 0.3) is 5.57 Å². The number of ether oxygens (including phenoxy) is 2. The zero-order chi connectivity index (χ0) is 17.1. The third-order valence-electron chi connectivity index (χ3n) is 4.35. The summed E-state index contributed by atoms with van der Waals surface area (Å²) in [5.41, 5.74) is 2.48. The van der Waals surface area contributed by atoms with Gasteiger partial charge in [-0.05, 0) is 29.6 Å². The van der Waals surface area contributed by atoms with Crippen LogP contribution in [0.2, 0.25) is 0 Å². The van der Waals surface area contributed by atoms with Crippen molar-refractivity contribution in [3.8, 4) is 17.2 Å². The maximum atomic E-state index is 12.2. The molecule has 0 saturated carbocycles. The molecule has 1 aliphatic rings. The van der Waals surface area contributed by atoms with E-state index in [-0.39, 0.29) is 17.5 Å². The summed E-state index contributed by atoms with van der Waals surface area (Å²) >= 11 is 0. The number of hydrogen-bond acceptors (Lipinski definition) is 4. The zero-order valence-electron chi connectivity index (χ0n) is 13.8. The predicted molar refractivity (Wildman–Crippen MR) is 92.6 cm³/mol. The molecule has 3 rings (SSSR count). The Morgan fingerprint density at radius 1 is 1.04 bits per heavy atom. The van der Waals surface area contributed by atoms with E-state index in [0.717, 1.165) is 11.1 Å². The Labute approximate surface area is 141 Å². The van der Waals surface area contributed by atoms with Gasteiger partial charge in [0.2, 0.25) is 0 Å². The number of rotatable bonds is 4. The van der Waals surface area contributed by atoms with E-state index in [2.05, 4.69) is 0 Å². The summed E-state index contributed by atoms with van der Waals surface area (Å²) in [5.74, 6) is 1.22. The van der Waals surface area contributed by atoms with Gasteiger partial charge in [0.25, 0.3) is 0 Å². The van der Waals surface area contributed by atoms with Crippen molar-refractivity contribution in [2.75, 3.05) is 14.2 Å². The lowest BCUT2D eigenvalue weighted by Gasteiger charge is -2.24. The van der Waals surface area contributed by atoms with E-state index in [1.165, 1.54) is 20.3 Å². The Hall–Kier alpha value is -2.75. The predicted octanol–water partition coefficient (Wildman–Crippen LogP) is 3.94. The molecule has 1 N–H and O–H groups in total. The lowest BCUT2D eigenvalue weighted by atomic mass is 9.80. The van der Waals surface area contributed by atoms with E-state index in [1.54, 1.807) is 12.1 Å². The van der Waals surface area contributed by atoms with Crippen molar-refractivity contribution in [2.24, 2.45) is 0 Å². The molecule has 0 bridgehead atoms. The first-order valence-electron chi connectivity index (χ1n) is 7.86. The van der Waals surface area contributed by atoms with Crippen LogP contribution in [-0.4, -0.2) is 25.1 Å². The largest absolute Gasteiger partial charge is 0.507 e. The molecule has 1 unspecified atom stereocenters. The molecule has 0 fully saturated rings. The van der Waals surface area contributed by atoms with Gasteiger partial charge >= 0.3 is 0 Å². The van der Waals surface area contributed by atoms with Crippen molar-refractivity contribution in [1.82, 2.24) is 0 Å². The molecule has 0 radical (unpaired) electrons. The van der Waals surface area contributed by atoms with Gasteiger partial charge in [-0.25, -0.2) is 0 Å². The first-order chi connectivity index (χ1) is 11.6. The summed E-state index contributed by atoms with van der Waals surface area (Å²) < 4.78 is 10.6. The van der Waals surface area contributed by atoms with Gasteiger partial charge < -0.3 is 14.6 Å². The van der Waals surface area contributed by atoms with Crippen LogP contribution in [0, 0.1) is 0 Å². The van der Waals surface area contributed by atoms with Crippen molar-refractivity contribution in [2.45, 2.75) is 18.8 Å². The molecule has 2 aromatic rings. The minimum absolute atomic E-state index is 0.0546. The molecule has 0 saturated heterocycles. The van der Waals surface area contributed by atoms with Crippen molar-refractivity contribution < 1.29 is 19.4 Å². The summed E-state index contributed by atoms with van der Waals surface area (Å²) in [6.07, 6.45) is 2.77. The van der Waals surface area contributed by atoms with Gasteiger partial charge in [-0.15, -0.1) is 0 Å². The van der Waals surface area contributed by atoms with E-state index in [4.69, 9.17) is 9.47 Å². The Morgan fingerprint density at radius 3 is 2.46 bits per heavy atom. The maximum absolute atomic E-state index is 12.2. The minimum Gasteiger partial charge on any atom is -0.507 e. The SMILES string of the molecule is COc1cc(O)c(C2=CC(=O)CC(c3ccccc3)C2)c(OC)c1. The van der Waals surface area contributed by atoms with Gasteiger partial charge in [-0.1, -0.05) is 30.3 Å². The second kappa shape index (κ2) is 6.79. The summed E-state index contributed by atoms with van der Waals surface area (Å²) in [6, 6.07) is 13.2. The lowest BCUT2D eigenvalue weighted by Crippen LogP contribution is -2.13. The summed E-state index contributed by atoms with van der Waals surface area (Å²) in [7, 11) is 3.07. The van der Waals surface area contributed by atoms with Gasteiger partial charge in [0.05, 0.1) is 19.8 Å². The number of hydrogen-bond donors (Lipinski definition) is 1. The number of carbonyl (C=O) groups is 1. The molecule has 0 spiro atoms. The summed E-state index contributed by atoms with van der Waals surface area (Å²) in [6.45, 7) is 0. The standard InChI is InChI=1S/C20H20O4/c1-23-17-11-18(22)20(19(12-17)24-2)15-8-14(9-16(21)10-15)13-6-4-3-5-7-13/h3-7,10-12,14,22H,8-9H2,1-2H3. The summed E-state index contributed by atoms with van der Waals surface area (Å²) in [5, 5.41) is 10.4. The fourth-order valence-corrected chi connectivity index (χ4v) is 3.21. The van der Waals surface area contributed by atoms with Crippen molar-refractivity contribution in [3.05, 3.63) is 59.7 Å². The smallest absolute Gasteiger partial charge is 0.156 e. The molecule has 4 heteroatoms. The second-order valence-corrected chi connectivity index (χ2v) is 5.88. The quantitative estimate of drug-likeness (QED) is 0.925. The fraction of sp³-hybridized carbons (Fsp3) is 0.250. The zero-order valence-corrected chi connectivity index (χ0v) is 13.8. The molecular weight excluding hydrogens is 304 g/mol. The third-order valence-corrected chi connectivity index (χ3v) is 4.35. The second-order valence-electron chi connectivity index (χ2n) is 5.88. The van der Waals surface area contributed by atoms with Gasteiger partial charge in [-0.3, -0.25) is 4.79 Å². The molecule has 0 aliphatic heterocycles. The van der Waals surface area contributed by atoms with Gasteiger partial charge in [0, 0.05) is 18.6 Å². The Morgan fingerprint density at radius 2 is 1.79 bits per heavy atom. The van der Waals surface area contributed by atoms with Gasteiger partial charge in [-0.2, -0.15) is 0 Å². The van der Waals surface area contributed by atoms with Crippen LogP contribution in [0.5, 0.6) is 17.2 Å². The molecule has 24 heavy (non-hydrogen) atoms. The van der Waals surface area contributed by atoms with Crippen LogP contribution < -0.4 is 9.47 Å². The number of aromatic hydroxyl groups is 1. The van der Waals surface area contributed by atoms with Gasteiger partial charge in [0.1, 0.15) is 17.2 Å². The summed E-state index contributed by atoms with van der Waals surface area (Å²) in [4.78, 5) is 12.2. The van der Waals surface area contributed by atoms with E-state index >= 15 is 0 Å². The van der Waals surface area contributed by atoms with Crippen LogP contribution in [0.4, 0.5) is 0 Å². The number of benzene rings is 2. The highest BCUT2D eigenvalue weighted by Crippen LogP contribution is 2.44. The normalized spacial score (nSPS) is 17.3. The van der Waals surface area contributed by atoms with E-state index in [9.17, 15) is 9.90 Å². The van der Waals surface area contributed by atoms with E-state index in [0.29, 0.717) is 29.9 Å². The van der Waals surface area contributed by atoms with E-state index < -0.39 is 0 Å². The van der Waals surface area contributed by atoms with Crippen LogP contribution in [-0.2, 0) is 4.79 Å². The number of ketones is 1. The third kappa shape index (κ3) is 3.13. The minimum atomic E-state index is 0.0546. The Kier molecular flexibility index (Phi) is 4.56. The van der Waals surface area contributed by atoms with Crippen LogP contribution in [0.15, 0.2) is 48.5 Å². The fourth-order valence-electron chi connectivity index (χ4n) is 3.21. The number of phenols is 1. The average molecular weight is 324 g/mol. The molecule has 0 amide bonds. The van der Waals surface area contributed by atoms with Crippen molar-refractivity contribution in [1.29, 1.82) is 0 Å². The van der Waals surface area contributed by atoms with Crippen LogP contribution in [0.1, 0.15) is 29.9 Å². The molecule has 0 aromatic heterocycles. The average Bonchev–Trinajstić information content (AvgIpc) is 2.61. The first kappa shape index (κ1) is 16.1. The molecule has 124 valence electrons. The highest BCUT2D eigenvalue weighted by Gasteiger charge is 2.26. The maximum Gasteiger partial charge on any atom is 0.156 e. The molecule has 4 nitrogen and oxygen atoms in total. The number of methoxy groups -OCH3 is 2. The highest BCUT2D eigenvalue weighted by molar-refractivity contribution is 6.00. The number of allylic oxidation sites excluding steroid dienone is 2. The molecule has 2 aromatic carbocycles. The first-order valence-corrected chi connectivity index (χ1v) is 7.86. The van der Waals surface area contributed by atoms with Crippen LogP contribution >= 0.6 is 0 Å². The molecular formula is C20H20O4. The topological polar surface area (TPSA) is 55.8 Å².